The molecule has 136 valence electrons. The fourth-order valence-corrected chi connectivity index (χ4v) is 2.58. The summed E-state index contributed by atoms with van der Waals surface area (Å²) in [6, 6.07) is 7.33. The maximum Gasteiger partial charge on any atom is 0.416 e. The van der Waals surface area contributed by atoms with Crippen molar-refractivity contribution in [3.8, 4) is 11.4 Å². The lowest BCUT2D eigenvalue weighted by Crippen LogP contribution is -2.04. The number of aromatic amines is 1. The molecule has 27 heavy (non-hydrogen) atoms. The first-order chi connectivity index (χ1) is 12.9. The topological polar surface area (TPSA) is 66.5 Å². The van der Waals surface area contributed by atoms with Crippen molar-refractivity contribution in [3.05, 3.63) is 66.4 Å². The smallest absolute Gasteiger partial charge is 0.338 e. The number of imidazole rings is 1. The van der Waals surface area contributed by atoms with Gasteiger partial charge in [0.25, 0.3) is 0 Å². The van der Waals surface area contributed by atoms with E-state index >= 15 is 0 Å². The van der Waals surface area contributed by atoms with Gasteiger partial charge in [-0.05, 0) is 18.2 Å². The van der Waals surface area contributed by atoms with E-state index < -0.39 is 17.6 Å². The molecule has 0 radical (unpaired) electrons. The van der Waals surface area contributed by atoms with Crippen LogP contribution in [-0.4, -0.2) is 19.9 Å². The largest absolute Gasteiger partial charge is 0.416 e. The molecule has 2 aromatic heterocycles. The first-order valence-corrected chi connectivity index (χ1v) is 7.80. The summed E-state index contributed by atoms with van der Waals surface area (Å²) in [5.41, 5.74) is 0.755. The average Bonchev–Trinajstić information content (AvgIpc) is 3.05. The van der Waals surface area contributed by atoms with Crippen LogP contribution in [0.15, 0.2) is 55.0 Å². The number of aromatic nitrogens is 4. The zero-order valence-corrected chi connectivity index (χ0v) is 13.5. The van der Waals surface area contributed by atoms with Crippen LogP contribution in [0, 0.1) is 5.82 Å². The molecule has 4 rings (SSSR count). The summed E-state index contributed by atoms with van der Waals surface area (Å²) in [6.07, 6.45) is 0.00304. The van der Waals surface area contributed by atoms with Crippen molar-refractivity contribution in [2.75, 3.05) is 5.32 Å². The van der Waals surface area contributed by atoms with Crippen LogP contribution < -0.4 is 5.32 Å². The summed E-state index contributed by atoms with van der Waals surface area (Å²) in [6.45, 7) is 0. The Labute approximate surface area is 150 Å². The molecular formula is C18H11F4N5. The van der Waals surface area contributed by atoms with Crippen molar-refractivity contribution in [1.82, 2.24) is 19.9 Å². The number of rotatable bonds is 3. The first-order valence-electron chi connectivity index (χ1n) is 7.80. The van der Waals surface area contributed by atoms with Crippen molar-refractivity contribution < 1.29 is 17.6 Å². The van der Waals surface area contributed by atoms with Crippen molar-refractivity contribution in [2.45, 2.75) is 6.18 Å². The molecule has 0 aliphatic heterocycles. The zero-order valence-electron chi connectivity index (χ0n) is 13.5. The van der Waals surface area contributed by atoms with E-state index in [0.717, 1.165) is 12.1 Å². The Balaban J connectivity index is 1.68. The van der Waals surface area contributed by atoms with Crippen LogP contribution in [0.3, 0.4) is 0 Å². The van der Waals surface area contributed by atoms with Gasteiger partial charge < -0.3 is 10.3 Å². The van der Waals surface area contributed by atoms with Crippen molar-refractivity contribution in [2.24, 2.45) is 0 Å². The van der Waals surface area contributed by atoms with E-state index in [9.17, 15) is 17.6 Å². The van der Waals surface area contributed by atoms with Crippen molar-refractivity contribution >= 4 is 22.5 Å². The van der Waals surface area contributed by atoms with Gasteiger partial charge in [-0.1, -0.05) is 12.1 Å². The SMILES string of the molecule is Fc1cc2[nH]c(-c3ccc(C(F)(F)F)cc3)nc2cc1Nc1cnccn1. The summed E-state index contributed by atoms with van der Waals surface area (Å²) in [7, 11) is 0. The molecular weight excluding hydrogens is 362 g/mol. The normalized spacial score (nSPS) is 11.7. The third kappa shape index (κ3) is 3.43. The van der Waals surface area contributed by atoms with E-state index in [1.54, 1.807) is 0 Å². The summed E-state index contributed by atoms with van der Waals surface area (Å²) < 4.78 is 52.3. The Kier molecular flexibility index (Phi) is 3.98. The molecule has 0 aliphatic rings. The maximum absolute atomic E-state index is 14.3. The van der Waals surface area contributed by atoms with Gasteiger partial charge in [0.05, 0.1) is 28.5 Å². The number of anilines is 2. The molecule has 2 aromatic carbocycles. The quantitative estimate of drug-likeness (QED) is 0.500. The molecule has 4 aromatic rings. The minimum Gasteiger partial charge on any atom is -0.338 e. The molecule has 0 amide bonds. The number of hydrogen-bond acceptors (Lipinski definition) is 4. The highest BCUT2D eigenvalue weighted by atomic mass is 19.4. The van der Waals surface area contributed by atoms with Crippen LogP contribution in [0.4, 0.5) is 29.1 Å². The van der Waals surface area contributed by atoms with Gasteiger partial charge in [0.15, 0.2) is 0 Å². The molecule has 0 aliphatic carbocycles. The second-order valence-corrected chi connectivity index (χ2v) is 5.73. The summed E-state index contributed by atoms with van der Waals surface area (Å²) in [5.74, 6) is 0.180. The van der Waals surface area contributed by atoms with Crippen LogP contribution in [-0.2, 0) is 6.18 Å². The molecule has 2 N–H and O–H groups in total. The molecule has 2 heterocycles. The van der Waals surface area contributed by atoms with Crippen molar-refractivity contribution in [3.63, 3.8) is 0 Å². The van der Waals surface area contributed by atoms with Crippen molar-refractivity contribution in [1.29, 1.82) is 0 Å². The van der Waals surface area contributed by atoms with Gasteiger partial charge in [-0.15, -0.1) is 0 Å². The monoisotopic (exact) mass is 373 g/mol. The minimum absolute atomic E-state index is 0.161. The van der Waals surface area contributed by atoms with Gasteiger partial charge in [0, 0.05) is 24.0 Å². The van der Waals surface area contributed by atoms with E-state index in [1.165, 1.54) is 42.9 Å². The highest BCUT2D eigenvalue weighted by molar-refractivity contribution is 5.83. The first kappa shape index (κ1) is 17.0. The average molecular weight is 373 g/mol. The molecule has 5 nitrogen and oxygen atoms in total. The Morgan fingerprint density at radius 1 is 1.00 bits per heavy atom. The minimum atomic E-state index is -4.41. The number of nitrogens with one attached hydrogen (secondary N) is 2. The second kappa shape index (κ2) is 6.35. The molecule has 0 atom stereocenters. The van der Waals surface area contributed by atoms with Crippen LogP contribution in [0.25, 0.3) is 22.4 Å². The Bertz CT molecular complexity index is 1090. The molecule has 0 bridgehead atoms. The summed E-state index contributed by atoms with van der Waals surface area (Å²) >= 11 is 0. The third-order valence-electron chi connectivity index (χ3n) is 3.88. The highest BCUT2D eigenvalue weighted by Crippen LogP contribution is 2.31. The maximum atomic E-state index is 14.3. The number of H-pyrrole nitrogens is 1. The van der Waals surface area contributed by atoms with Crippen LogP contribution in [0.5, 0.6) is 0 Å². The lowest BCUT2D eigenvalue weighted by molar-refractivity contribution is -0.137. The van der Waals surface area contributed by atoms with E-state index in [2.05, 4.69) is 25.3 Å². The zero-order chi connectivity index (χ0) is 19.0. The van der Waals surface area contributed by atoms with Gasteiger partial charge in [0.2, 0.25) is 0 Å². The molecule has 0 spiro atoms. The number of hydrogen-bond donors (Lipinski definition) is 2. The molecule has 9 heteroatoms. The Hall–Kier alpha value is -3.49. The number of alkyl halides is 3. The molecule has 0 saturated carbocycles. The second-order valence-electron chi connectivity index (χ2n) is 5.73. The van der Waals surface area contributed by atoms with Crippen LogP contribution in [0.1, 0.15) is 5.56 Å². The van der Waals surface area contributed by atoms with Gasteiger partial charge >= 0.3 is 6.18 Å². The standard InChI is InChI=1S/C18H11F4N5/c19-12-7-14-15(8-13(12)25-16-9-23-5-6-24-16)27-17(26-14)10-1-3-11(4-2-10)18(20,21)22/h1-9H,(H,24,25)(H,26,27). The Morgan fingerprint density at radius 3 is 2.44 bits per heavy atom. The fraction of sp³-hybridized carbons (Fsp3) is 0.0556. The van der Waals surface area contributed by atoms with Gasteiger partial charge in [-0.2, -0.15) is 13.2 Å². The van der Waals surface area contributed by atoms with E-state index in [-0.39, 0.29) is 5.69 Å². The number of benzene rings is 2. The highest BCUT2D eigenvalue weighted by Gasteiger charge is 2.30. The van der Waals surface area contributed by atoms with Crippen LogP contribution >= 0.6 is 0 Å². The Morgan fingerprint density at radius 2 is 1.78 bits per heavy atom. The number of halogens is 4. The predicted octanol–water partition coefficient (Wildman–Crippen LogP) is 4.92. The third-order valence-corrected chi connectivity index (χ3v) is 3.88. The lowest BCUT2D eigenvalue weighted by Gasteiger charge is -2.06. The lowest BCUT2D eigenvalue weighted by atomic mass is 10.1. The summed E-state index contributed by atoms with van der Waals surface area (Å²) in [5, 5.41) is 2.81. The van der Waals surface area contributed by atoms with E-state index in [1.807, 2.05) is 0 Å². The summed E-state index contributed by atoms with van der Waals surface area (Å²) in [4.78, 5) is 15.2. The number of fused-ring (bicyclic) bond motifs is 1. The predicted molar refractivity (Wildman–Crippen MR) is 91.8 cm³/mol. The van der Waals surface area contributed by atoms with Gasteiger partial charge in [-0.25, -0.2) is 14.4 Å². The fourth-order valence-electron chi connectivity index (χ4n) is 2.58. The van der Waals surface area contributed by atoms with E-state index in [0.29, 0.717) is 28.2 Å². The molecule has 0 fully saturated rings. The molecule has 0 unspecified atom stereocenters. The molecule has 0 saturated heterocycles. The van der Waals surface area contributed by atoms with Gasteiger partial charge in [0.1, 0.15) is 17.5 Å². The van der Waals surface area contributed by atoms with Crippen LogP contribution in [0.2, 0.25) is 0 Å². The number of nitrogens with zero attached hydrogens (tertiary/aromatic N) is 3. The van der Waals surface area contributed by atoms with Gasteiger partial charge in [-0.3, -0.25) is 4.98 Å². The van der Waals surface area contributed by atoms with E-state index in [4.69, 9.17) is 0 Å².